The lowest BCUT2D eigenvalue weighted by atomic mass is 10.0. The Labute approximate surface area is 235 Å². The highest BCUT2D eigenvalue weighted by Crippen LogP contribution is 2.45. The van der Waals surface area contributed by atoms with Crippen molar-refractivity contribution in [1.29, 1.82) is 0 Å². The van der Waals surface area contributed by atoms with Crippen LogP contribution < -0.4 is 19.7 Å². The molecule has 0 radical (unpaired) electrons. The van der Waals surface area contributed by atoms with Crippen molar-refractivity contribution in [3.63, 3.8) is 0 Å². The van der Waals surface area contributed by atoms with Gasteiger partial charge in [0.2, 0.25) is 10.0 Å². The lowest BCUT2D eigenvalue weighted by Gasteiger charge is -2.27. The molecule has 0 spiro atoms. The third kappa shape index (κ3) is 5.30. The molecule has 196 valence electrons. The predicted molar refractivity (Wildman–Crippen MR) is 154 cm³/mol. The number of rotatable bonds is 7. The van der Waals surface area contributed by atoms with Gasteiger partial charge in [-0.15, -0.1) is 0 Å². The van der Waals surface area contributed by atoms with Gasteiger partial charge in [0.15, 0.2) is 5.11 Å². The van der Waals surface area contributed by atoms with Crippen molar-refractivity contribution in [2.24, 2.45) is 0 Å². The highest BCUT2D eigenvalue weighted by Gasteiger charge is 2.43. The highest BCUT2D eigenvalue weighted by molar-refractivity contribution is 7.92. The van der Waals surface area contributed by atoms with Crippen molar-refractivity contribution in [1.82, 2.24) is 10.3 Å². The molecule has 12 heteroatoms. The van der Waals surface area contributed by atoms with E-state index in [-0.39, 0.29) is 6.04 Å². The zero-order valence-corrected chi connectivity index (χ0v) is 23.3. The Balaban J connectivity index is 1.60. The predicted octanol–water partition coefficient (Wildman–Crippen LogP) is 6.21. The van der Waals surface area contributed by atoms with Crippen molar-refractivity contribution in [3.05, 3.63) is 94.4 Å². The van der Waals surface area contributed by atoms with E-state index in [1.54, 1.807) is 42.6 Å². The van der Waals surface area contributed by atoms with Crippen molar-refractivity contribution in [3.8, 4) is 17.1 Å². The Hall–Kier alpha value is -3.31. The minimum absolute atomic E-state index is 0.312. The molecule has 2 N–H and O–H groups in total. The smallest absolute Gasteiger partial charge is 0.229 e. The number of thiocarbonyl (C=S) groups is 1. The van der Waals surface area contributed by atoms with E-state index in [9.17, 15) is 8.42 Å². The molecule has 1 saturated heterocycles. The molecule has 38 heavy (non-hydrogen) atoms. The van der Waals surface area contributed by atoms with Crippen LogP contribution in [0, 0.1) is 0 Å². The Bertz CT molecular complexity index is 1610. The molecule has 2 atom stereocenters. The van der Waals surface area contributed by atoms with Gasteiger partial charge in [0, 0.05) is 28.5 Å². The number of hydrogen-bond acceptors (Lipinski definition) is 6. The molecular weight excluding hydrogens is 567 g/mol. The summed E-state index contributed by atoms with van der Waals surface area (Å²) >= 11 is 18.3. The van der Waals surface area contributed by atoms with Crippen LogP contribution in [0.2, 0.25) is 10.0 Å². The molecule has 1 aliphatic rings. The van der Waals surface area contributed by atoms with Gasteiger partial charge in [-0.05, 0) is 66.8 Å². The van der Waals surface area contributed by atoms with Gasteiger partial charge in [0.25, 0.3) is 0 Å². The van der Waals surface area contributed by atoms with E-state index in [0.29, 0.717) is 49.4 Å². The molecule has 0 aliphatic carbocycles. The summed E-state index contributed by atoms with van der Waals surface area (Å²) in [5, 5.41) is 4.80. The van der Waals surface area contributed by atoms with Gasteiger partial charge < -0.3 is 19.4 Å². The Morgan fingerprint density at radius 3 is 2.61 bits per heavy atom. The fourth-order valence-corrected chi connectivity index (χ4v) is 5.80. The number of nitrogens with one attached hydrogen (secondary N) is 2. The van der Waals surface area contributed by atoms with Crippen molar-refractivity contribution < 1.29 is 17.6 Å². The average molecular weight is 590 g/mol. The first kappa shape index (κ1) is 26.3. The number of furan rings is 1. The summed E-state index contributed by atoms with van der Waals surface area (Å²) in [4.78, 5) is 6.44. The summed E-state index contributed by atoms with van der Waals surface area (Å²) in [6, 6.07) is 18.9. The van der Waals surface area contributed by atoms with Crippen molar-refractivity contribution in [2.75, 3.05) is 23.0 Å². The number of halogens is 2. The molecule has 1 aliphatic heterocycles. The van der Waals surface area contributed by atoms with Crippen LogP contribution >= 0.6 is 35.4 Å². The largest absolute Gasteiger partial charge is 0.494 e. The van der Waals surface area contributed by atoms with Crippen LogP contribution in [-0.2, 0) is 10.0 Å². The first-order valence-electron chi connectivity index (χ1n) is 11.4. The summed E-state index contributed by atoms with van der Waals surface area (Å²) in [5.41, 5.74) is 2.46. The van der Waals surface area contributed by atoms with Crippen LogP contribution in [0.4, 0.5) is 11.4 Å². The number of aromatic nitrogens is 1. The highest BCUT2D eigenvalue weighted by atomic mass is 35.5. The van der Waals surface area contributed by atoms with E-state index in [1.807, 2.05) is 35.2 Å². The topological polar surface area (TPSA) is 96.7 Å². The quantitative estimate of drug-likeness (QED) is 0.246. The normalized spacial score (nSPS) is 17.4. The van der Waals surface area contributed by atoms with Crippen molar-refractivity contribution >= 4 is 61.9 Å². The molecule has 0 amide bonds. The zero-order chi connectivity index (χ0) is 27.0. The number of benzene rings is 2. The molecule has 0 unspecified atom stereocenters. The molecule has 2 aromatic carbocycles. The minimum Gasteiger partial charge on any atom is -0.494 e. The lowest BCUT2D eigenvalue weighted by Crippen LogP contribution is -2.29. The second-order valence-electron chi connectivity index (χ2n) is 8.58. The average Bonchev–Trinajstić information content (AvgIpc) is 3.48. The number of anilines is 2. The van der Waals surface area contributed by atoms with Gasteiger partial charge in [-0.25, -0.2) is 8.42 Å². The van der Waals surface area contributed by atoms with Gasteiger partial charge in [-0.3, -0.25) is 9.71 Å². The lowest BCUT2D eigenvalue weighted by molar-refractivity contribution is 0.416. The van der Waals surface area contributed by atoms with Gasteiger partial charge in [-0.2, -0.15) is 0 Å². The van der Waals surface area contributed by atoms with E-state index >= 15 is 0 Å². The second-order valence-corrected chi connectivity index (χ2v) is 11.6. The SMILES string of the molecule is COc1cc(N2C(=S)N[C@@H](c3ccccn3)[C@H]2c2ccc(-c3ccc(Cl)cc3Cl)o2)ccc1NS(C)(=O)=O. The monoisotopic (exact) mass is 588 g/mol. The van der Waals surface area contributed by atoms with Gasteiger partial charge in [0.05, 0.1) is 35.8 Å². The van der Waals surface area contributed by atoms with E-state index in [4.69, 9.17) is 44.6 Å². The number of methoxy groups -OCH3 is 1. The maximum Gasteiger partial charge on any atom is 0.229 e. The number of hydrogen-bond donors (Lipinski definition) is 2. The third-order valence-electron chi connectivity index (χ3n) is 5.97. The molecule has 1 fully saturated rings. The Morgan fingerprint density at radius 1 is 1.11 bits per heavy atom. The molecule has 0 bridgehead atoms. The molecule has 8 nitrogen and oxygen atoms in total. The van der Waals surface area contributed by atoms with Crippen molar-refractivity contribution in [2.45, 2.75) is 12.1 Å². The molecular formula is C26H22Cl2N4O4S2. The molecule has 2 aromatic heterocycles. The summed E-state index contributed by atoms with van der Waals surface area (Å²) in [6.07, 6.45) is 2.80. The number of nitrogens with zero attached hydrogens (tertiary/aromatic N) is 2. The van der Waals surface area contributed by atoms with Gasteiger partial charge in [0.1, 0.15) is 23.3 Å². The van der Waals surface area contributed by atoms with Gasteiger partial charge >= 0.3 is 0 Å². The number of ether oxygens (including phenoxy) is 1. The Kier molecular flexibility index (Phi) is 7.23. The van der Waals surface area contributed by atoms with E-state index in [1.165, 1.54) is 7.11 Å². The zero-order valence-electron chi connectivity index (χ0n) is 20.2. The van der Waals surface area contributed by atoms with Crippen LogP contribution in [0.5, 0.6) is 5.75 Å². The standard InChI is InChI=1S/C26H22Cl2N4O4S2/c1-35-23-14-16(7-9-19(23)31-38(2,33)34)32-25(24(30-26(32)37)20-5-3-4-12-29-20)22-11-10-21(36-22)17-8-6-15(27)13-18(17)28/h3-14,24-25,31H,1-2H3,(H,30,37)/t24-,25+/m0/s1. The number of sulfonamides is 1. The van der Waals surface area contributed by atoms with Crippen LogP contribution in [0.1, 0.15) is 23.5 Å². The first-order valence-corrected chi connectivity index (χ1v) is 14.4. The Morgan fingerprint density at radius 2 is 1.92 bits per heavy atom. The molecule has 3 heterocycles. The molecule has 0 saturated carbocycles. The first-order chi connectivity index (χ1) is 18.1. The molecule has 5 rings (SSSR count). The summed E-state index contributed by atoms with van der Waals surface area (Å²) in [5.74, 6) is 1.53. The molecule has 4 aromatic rings. The minimum atomic E-state index is -3.50. The van der Waals surface area contributed by atoms with E-state index in [0.717, 1.165) is 11.9 Å². The van der Waals surface area contributed by atoms with E-state index in [2.05, 4.69) is 15.0 Å². The second kappa shape index (κ2) is 10.5. The maximum atomic E-state index is 11.8. The van der Waals surface area contributed by atoms with Crippen LogP contribution in [0.25, 0.3) is 11.3 Å². The fourth-order valence-electron chi connectivity index (χ4n) is 4.38. The van der Waals surface area contributed by atoms with E-state index < -0.39 is 16.1 Å². The van der Waals surface area contributed by atoms with Crippen LogP contribution in [0.15, 0.2) is 77.3 Å². The fraction of sp³-hybridized carbons (Fsp3) is 0.154. The van der Waals surface area contributed by atoms with Gasteiger partial charge in [-0.1, -0.05) is 29.3 Å². The summed E-state index contributed by atoms with van der Waals surface area (Å²) < 4.78 is 37.9. The maximum absolute atomic E-state index is 11.8. The summed E-state index contributed by atoms with van der Waals surface area (Å²) in [6.45, 7) is 0. The number of pyridine rings is 1. The van der Waals surface area contributed by atoms with Crippen LogP contribution in [-0.4, -0.2) is 31.9 Å². The third-order valence-corrected chi connectivity index (χ3v) is 7.42. The van der Waals surface area contributed by atoms with Crippen LogP contribution in [0.3, 0.4) is 0 Å². The summed E-state index contributed by atoms with van der Waals surface area (Å²) in [7, 11) is -2.04.